The smallest absolute Gasteiger partial charge is 0.276 e. The van der Waals surface area contributed by atoms with E-state index < -0.39 is 14.2 Å². The highest BCUT2D eigenvalue weighted by Crippen LogP contribution is 2.50. The van der Waals surface area contributed by atoms with Gasteiger partial charge in [0, 0.05) is 16.5 Å². The number of nitrogens with zero attached hydrogens (tertiary/aromatic N) is 1. The third kappa shape index (κ3) is 3.27. The van der Waals surface area contributed by atoms with Crippen LogP contribution in [0.2, 0.25) is 18.1 Å². The van der Waals surface area contributed by atoms with Gasteiger partial charge in [0.05, 0.1) is 6.04 Å². The molecule has 23 heavy (non-hydrogen) atoms. The number of hydrogen-bond acceptors (Lipinski definition) is 4. The maximum absolute atomic E-state index is 14.1. The molecule has 7 heteroatoms. The molecule has 0 spiro atoms. The molecule has 0 amide bonds. The number of nitrogens with one attached hydrogen (secondary N) is 1. The van der Waals surface area contributed by atoms with Crippen LogP contribution in [0, 0.1) is 5.82 Å². The molecule has 0 aliphatic carbocycles. The van der Waals surface area contributed by atoms with Gasteiger partial charge in [0.15, 0.2) is 8.32 Å². The Labute approximate surface area is 146 Å². The topological polar surface area (TPSA) is 36.8 Å². The molecule has 0 aromatic heterocycles. The molecular weight excluding hydrogens is 379 g/mol. The molecule has 0 saturated carbocycles. The van der Waals surface area contributed by atoms with Gasteiger partial charge in [0.1, 0.15) is 5.82 Å². The number of benzene rings is 1. The van der Waals surface area contributed by atoms with Crippen LogP contribution in [0.4, 0.5) is 4.39 Å². The SMILES string of the molecule is CC(C)(C)[Si](C)(C)O[C@]12CC[C@H](c3ccc(Br)cc3F)NN1O2. The summed E-state index contributed by atoms with van der Waals surface area (Å²) >= 11 is 3.29. The summed E-state index contributed by atoms with van der Waals surface area (Å²) < 4.78 is 21.3. The fourth-order valence-corrected chi connectivity index (χ4v) is 4.26. The largest absolute Gasteiger partial charge is 0.375 e. The number of hydrogen-bond donors (Lipinski definition) is 1. The van der Waals surface area contributed by atoms with E-state index in [0.29, 0.717) is 5.56 Å². The van der Waals surface area contributed by atoms with E-state index in [4.69, 9.17) is 9.26 Å². The first-order chi connectivity index (χ1) is 10.5. The number of hydrazine groups is 1. The van der Waals surface area contributed by atoms with Gasteiger partial charge in [-0.2, -0.15) is 0 Å². The molecule has 2 saturated heterocycles. The van der Waals surface area contributed by atoms with E-state index in [-0.39, 0.29) is 16.9 Å². The van der Waals surface area contributed by atoms with E-state index >= 15 is 0 Å². The number of hydroxylamine groups is 1. The van der Waals surface area contributed by atoms with Crippen LogP contribution in [0.25, 0.3) is 0 Å². The first-order valence-corrected chi connectivity index (χ1v) is 11.6. The summed E-state index contributed by atoms with van der Waals surface area (Å²) in [5, 5.41) is 1.77. The molecular formula is C16H24BrFN2O2Si. The standard InChI is InChI=1S/C16H24BrFN2O2Si/c1-15(2,3)23(4,5)22-16-9-8-14(19-20(16)21-16)12-7-6-11(17)10-13(12)18/h6-7,10,14,19H,8-9H2,1-5H3/t14-,16-,20?/m1/s1. The second-order valence-corrected chi connectivity index (χ2v) is 13.5. The van der Waals surface area contributed by atoms with Gasteiger partial charge >= 0.3 is 0 Å². The van der Waals surface area contributed by atoms with E-state index in [9.17, 15) is 4.39 Å². The summed E-state index contributed by atoms with van der Waals surface area (Å²) in [5.74, 6) is -0.873. The minimum absolute atomic E-state index is 0.0956. The van der Waals surface area contributed by atoms with Crippen molar-refractivity contribution in [2.75, 3.05) is 0 Å². The van der Waals surface area contributed by atoms with Crippen molar-refractivity contribution in [2.45, 2.75) is 63.7 Å². The first-order valence-electron chi connectivity index (χ1n) is 7.95. The quantitative estimate of drug-likeness (QED) is 0.578. The van der Waals surface area contributed by atoms with Crippen molar-refractivity contribution in [1.29, 1.82) is 0 Å². The van der Waals surface area contributed by atoms with Crippen molar-refractivity contribution < 1.29 is 13.7 Å². The molecule has 1 aromatic carbocycles. The van der Waals surface area contributed by atoms with Crippen LogP contribution in [-0.2, 0) is 9.26 Å². The molecule has 3 atom stereocenters. The van der Waals surface area contributed by atoms with Crippen LogP contribution in [0.15, 0.2) is 22.7 Å². The monoisotopic (exact) mass is 402 g/mol. The molecule has 1 N–H and O–H groups in total. The second-order valence-electron chi connectivity index (χ2n) is 7.85. The molecule has 2 heterocycles. The molecule has 128 valence electrons. The molecule has 1 unspecified atom stereocenters. The van der Waals surface area contributed by atoms with Gasteiger partial charge in [-0.15, -0.1) is 0 Å². The van der Waals surface area contributed by atoms with Crippen LogP contribution >= 0.6 is 15.9 Å². The summed E-state index contributed by atoms with van der Waals surface area (Å²) in [5.41, 5.74) is 3.89. The van der Waals surface area contributed by atoms with Gasteiger partial charge in [0.2, 0.25) is 0 Å². The van der Waals surface area contributed by atoms with E-state index in [1.807, 2.05) is 12.1 Å². The van der Waals surface area contributed by atoms with E-state index in [1.165, 1.54) is 6.07 Å². The Kier molecular flexibility index (Phi) is 4.27. The Morgan fingerprint density at radius 2 is 2.13 bits per heavy atom. The normalized spacial score (nSPS) is 30.9. The summed E-state index contributed by atoms with van der Waals surface area (Å²) in [6, 6.07) is 5.06. The maximum atomic E-state index is 14.1. The van der Waals surface area contributed by atoms with Crippen molar-refractivity contribution >= 4 is 24.2 Å². The maximum Gasteiger partial charge on any atom is 0.276 e. The fraction of sp³-hybridized carbons (Fsp3) is 0.625. The summed E-state index contributed by atoms with van der Waals surface area (Å²) in [4.78, 5) is 5.71. The lowest BCUT2D eigenvalue weighted by atomic mass is 10.00. The zero-order chi connectivity index (χ0) is 17.0. The van der Waals surface area contributed by atoms with Gasteiger partial charge in [-0.25, -0.2) is 14.7 Å². The Hall–Kier alpha value is -0.313. The molecule has 2 aliphatic rings. The highest BCUT2D eigenvalue weighted by molar-refractivity contribution is 9.10. The highest BCUT2D eigenvalue weighted by atomic mass is 79.9. The van der Waals surface area contributed by atoms with Crippen molar-refractivity contribution in [1.82, 2.24) is 10.6 Å². The van der Waals surface area contributed by atoms with Gasteiger partial charge in [-0.05, 0) is 36.7 Å². The fourth-order valence-electron chi connectivity index (χ4n) is 2.60. The first kappa shape index (κ1) is 17.5. The summed E-state index contributed by atoms with van der Waals surface area (Å²) in [6.07, 6.45) is 1.50. The molecule has 0 bridgehead atoms. The van der Waals surface area contributed by atoms with Gasteiger partial charge in [-0.1, -0.05) is 47.9 Å². The van der Waals surface area contributed by atoms with Crippen LogP contribution in [0.3, 0.4) is 0 Å². The zero-order valence-corrected chi connectivity index (χ0v) is 16.8. The van der Waals surface area contributed by atoms with Crippen molar-refractivity contribution in [2.24, 2.45) is 0 Å². The van der Waals surface area contributed by atoms with E-state index in [2.05, 4.69) is 55.2 Å². The average Bonchev–Trinajstić information content (AvgIpc) is 3.09. The predicted octanol–water partition coefficient (Wildman–Crippen LogP) is 4.85. The third-order valence-electron chi connectivity index (χ3n) is 5.09. The molecule has 1 aromatic rings. The highest BCUT2D eigenvalue weighted by Gasteiger charge is 2.64. The van der Waals surface area contributed by atoms with Crippen LogP contribution in [-0.4, -0.2) is 19.4 Å². The molecule has 2 aliphatic heterocycles. The predicted molar refractivity (Wildman–Crippen MR) is 93.1 cm³/mol. The number of fused-ring (bicyclic) bond motifs is 1. The Morgan fingerprint density at radius 1 is 1.43 bits per heavy atom. The van der Waals surface area contributed by atoms with Crippen molar-refractivity contribution in [3.63, 3.8) is 0 Å². The molecule has 3 rings (SSSR count). The second kappa shape index (κ2) is 5.61. The van der Waals surface area contributed by atoms with Crippen LogP contribution < -0.4 is 5.43 Å². The summed E-state index contributed by atoms with van der Waals surface area (Å²) in [7, 11) is -1.93. The number of rotatable bonds is 3. The van der Waals surface area contributed by atoms with E-state index in [1.54, 1.807) is 5.17 Å². The van der Waals surface area contributed by atoms with Gasteiger partial charge in [-0.3, -0.25) is 0 Å². The Bertz CT molecular complexity index is 623. The summed E-state index contributed by atoms with van der Waals surface area (Å²) in [6.45, 7) is 11.0. The lowest BCUT2D eigenvalue weighted by Crippen LogP contribution is -2.50. The molecule has 2 fully saturated rings. The minimum Gasteiger partial charge on any atom is -0.375 e. The van der Waals surface area contributed by atoms with E-state index in [0.717, 1.165) is 17.3 Å². The van der Waals surface area contributed by atoms with Crippen LogP contribution in [0.5, 0.6) is 0 Å². The lowest BCUT2D eigenvalue weighted by molar-refractivity contribution is 0.0189. The Morgan fingerprint density at radius 3 is 2.70 bits per heavy atom. The number of halogens is 2. The minimum atomic E-state index is -1.93. The van der Waals surface area contributed by atoms with Crippen molar-refractivity contribution in [3.05, 3.63) is 34.1 Å². The lowest BCUT2D eigenvalue weighted by Gasteiger charge is -2.39. The van der Waals surface area contributed by atoms with Gasteiger partial charge in [0.25, 0.3) is 5.91 Å². The average molecular weight is 403 g/mol. The molecule has 4 nitrogen and oxygen atoms in total. The van der Waals surface area contributed by atoms with Gasteiger partial charge < -0.3 is 4.43 Å². The molecule has 0 radical (unpaired) electrons. The van der Waals surface area contributed by atoms with Crippen molar-refractivity contribution in [3.8, 4) is 0 Å². The van der Waals surface area contributed by atoms with Crippen LogP contribution in [0.1, 0.15) is 45.2 Å². The Balaban J connectivity index is 1.69. The zero-order valence-electron chi connectivity index (χ0n) is 14.2. The third-order valence-corrected chi connectivity index (χ3v) is 10.0.